The Bertz CT molecular complexity index is 324. The molecule has 6 heteroatoms. The first-order valence-corrected chi connectivity index (χ1v) is 5.01. The number of nitrogen functional groups attached to an aromatic ring is 2. The maximum absolute atomic E-state index is 5.71. The third-order valence-electron chi connectivity index (χ3n) is 2.26. The van der Waals surface area contributed by atoms with E-state index >= 15 is 0 Å². The van der Waals surface area contributed by atoms with Gasteiger partial charge in [-0.2, -0.15) is 0 Å². The average molecular weight is 212 g/mol. The minimum Gasteiger partial charge on any atom is -0.366 e. The van der Waals surface area contributed by atoms with Crippen molar-refractivity contribution < 1.29 is 0 Å². The first-order chi connectivity index (χ1) is 6.85. The molecule has 0 fully saturated rings. The highest BCUT2D eigenvalue weighted by atomic mass is 15.4. The van der Waals surface area contributed by atoms with Crippen molar-refractivity contribution in [3.63, 3.8) is 0 Å². The largest absolute Gasteiger partial charge is 0.366 e. The van der Waals surface area contributed by atoms with Crippen molar-refractivity contribution in [1.82, 2.24) is 14.9 Å². The summed E-state index contributed by atoms with van der Waals surface area (Å²) in [6, 6.07) is 0. The molecule has 0 aliphatic carbocycles. The molecule has 1 atom stereocenters. The summed E-state index contributed by atoms with van der Waals surface area (Å²) in [5, 5.41) is 7.68. The number of rotatable bonds is 3. The molecule has 0 aliphatic rings. The Hall–Kier alpha value is -1.30. The highest BCUT2D eigenvalue weighted by molar-refractivity contribution is 5.19. The van der Waals surface area contributed by atoms with Gasteiger partial charge < -0.3 is 17.3 Å². The van der Waals surface area contributed by atoms with Crippen molar-refractivity contribution in [2.24, 2.45) is 11.1 Å². The fourth-order valence-corrected chi connectivity index (χ4v) is 1.61. The van der Waals surface area contributed by atoms with E-state index < -0.39 is 0 Å². The molecule has 0 radical (unpaired) electrons. The zero-order valence-electron chi connectivity index (χ0n) is 9.57. The van der Waals surface area contributed by atoms with Crippen molar-refractivity contribution in [3.05, 3.63) is 5.82 Å². The molecule has 0 saturated carbocycles. The Morgan fingerprint density at radius 2 is 1.93 bits per heavy atom. The van der Waals surface area contributed by atoms with E-state index in [2.05, 4.69) is 31.0 Å². The summed E-state index contributed by atoms with van der Waals surface area (Å²) < 4.78 is 1.31. The Morgan fingerprint density at radius 3 is 2.27 bits per heavy atom. The monoisotopic (exact) mass is 212 g/mol. The van der Waals surface area contributed by atoms with Crippen LogP contribution in [0.5, 0.6) is 0 Å². The highest BCUT2D eigenvalue weighted by Crippen LogP contribution is 2.29. The molecule has 1 aromatic heterocycles. The standard InChI is InChI=1S/C9H20N6/c1-9(2,3)4-6(5-10)7-13-14-8(11)15(7)12/h6H,4-5,10,12H2,1-3H3,(H2,11,14). The molecule has 15 heavy (non-hydrogen) atoms. The van der Waals surface area contributed by atoms with Crippen LogP contribution >= 0.6 is 0 Å². The topological polar surface area (TPSA) is 109 Å². The van der Waals surface area contributed by atoms with Crippen LogP contribution in [0.25, 0.3) is 0 Å². The minimum atomic E-state index is 0.0970. The third kappa shape index (κ3) is 2.82. The lowest BCUT2D eigenvalue weighted by Crippen LogP contribution is -2.25. The van der Waals surface area contributed by atoms with Gasteiger partial charge in [0.2, 0.25) is 5.95 Å². The molecule has 1 unspecified atom stereocenters. The Labute approximate surface area is 89.8 Å². The zero-order valence-corrected chi connectivity index (χ0v) is 9.57. The van der Waals surface area contributed by atoms with Crippen molar-refractivity contribution >= 4 is 5.95 Å². The van der Waals surface area contributed by atoms with Crippen LogP contribution in [0, 0.1) is 5.41 Å². The van der Waals surface area contributed by atoms with Gasteiger partial charge in [-0.15, -0.1) is 10.2 Å². The first-order valence-electron chi connectivity index (χ1n) is 5.01. The van der Waals surface area contributed by atoms with Gasteiger partial charge in [0.15, 0.2) is 5.82 Å². The second kappa shape index (κ2) is 4.06. The van der Waals surface area contributed by atoms with Gasteiger partial charge in [-0.25, -0.2) is 4.68 Å². The van der Waals surface area contributed by atoms with Crippen LogP contribution in [0.3, 0.4) is 0 Å². The zero-order chi connectivity index (χ0) is 11.6. The maximum Gasteiger partial charge on any atom is 0.240 e. The lowest BCUT2D eigenvalue weighted by molar-refractivity contribution is 0.333. The Kier molecular flexibility index (Phi) is 3.18. The number of nitrogens with zero attached hydrogens (tertiary/aromatic N) is 3. The molecular formula is C9H20N6. The molecule has 0 amide bonds. The summed E-state index contributed by atoms with van der Waals surface area (Å²) in [5.41, 5.74) is 11.4. The summed E-state index contributed by atoms with van der Waals surface area (Å²) in [7, 11) is 0. The van der Waals surface area contributed by atoms with Gasteiger partial charge in [-0.1, -0.05) is 20.8 Å². The third-order valence-corrected chi connectivity index (χ3v) is 2.26. The van der Waals surface area contributed by atoms with Gasteiger partial charge >= 0.3 is 0 Å². The van der Waals surface area contributed by atoms with Gasteiger partial charge in [-0.3, -0.25) is 0 Å². The number of hydrogen-bond donors (Lipinski definition) is 3. The predicted octanol–water partition coefficient (Wildman–Crippen LogP) is 0.0526. The van der Waals surface area contributed by atoms with Gasteiger partial charge in [0.05, 0.1) is 0 Å². The summed E-state index contributed by atoms with van der Waals surface area (Å²) in [6.45, 7) is 6.94. The normalized spacial score (nSPS) is 14.1. The smallest absolute Gasteiger partial charge is 0.240 e. The van der Waals surface area contributed by atoms with E-state index in [-0.39, 0.29) is 17.3 Å². The summed E-state index contributed by atoms with van der Waals surface area (Å²) in [5.74, 6) is 6.68. The molecular weight excluding hydrogens is 192 g/mol. The Morgan fingerprint density at radius 1 is 1.33 bits per heavy atom. The molecule has 0 bridgehead atoms. The maximum atomic E-state index is 5.71. The average Bonchev–Trinajstić information content (AvgIpc) is 2.43. The molecule has 6 N–H and O–H groups in total. The van der Waals surface area contributed by atoms with E-state index in [1.807, 2.05) is 0 Å². The van der Waals surface area contributed by atoms with Crippen LogP contribution < -0.4 is 17.3 Å². The van der Waals surface area contributed by atoms with Crippen LogP contribution in [0.4, 0.5) is 5.95 Å². The molecule has 0 aliphatic heterocycles. The van der Waals surface area contributed by atoms with Gasteiger partial charge in [0.25, 0.3) is 0 Å². The lowest BCUT2D eigenvalue weighted by atomic mass is 9.84. The van der Waals surface area contributed by atoms with Crippen LogP contribution in [-0.2, 0) is 0 Å². The van der Waals surface area contributed by atoms with E-state index in [0.29, 0.717) is 12.4 Å². The number of hydrogen-bond acceptors (Lipinski definition) is 5. The molecule has 1 rings (SSSR count). The van der Waals surface area contributed by atoms with Gasteiger partial charge in [0.1, 0.15) is 0 Å². The molecule has 1 heterocycles. The van der Waals surface area contributed by atoms with Crippen LogP contribution in [-0.4, -0.2) is 21.4 Å². The van der Waals surface area contributed by atoms with Crippen molar-refractivity contribution in [2.45, 2.75) is 33.1 Å². The fourth-order valence-electron chi connectivity index (χ4n) is 1.61. The van der Waals surface area contributed by atoms with Crippen LogP contribution in [0.1, 0.15) is 38.9 Å². The van der Waals surface area contributed by atoms with E-state index in [1.54, 1.807) is 0 Å². The molecule has 1 aromatic rings. The fraction of sp³-hybridized carbons (Fsp3) is 0.778. The predicted molar refractivity (Wildman–Crippen MR) is 60.5 cm³/mol. The highest BCUT2D eigenvalue weighted by Gasteiger charge is 2.23. The molecule has 0 spiro atoms. The van der Waals surface area contributed by atoms with E-state index in [0.717, 1.165) is 6.42 Å². The van der Waals surface area contributed by atoms with Gasteiger partial charge in [0, 0.05) is 12.5 Å². The van der Waals surface area contributed by atoms with Crippen molar-refractivity contribution in [3.8, 4) is 0 Å². The minimum absolute atomic E-state index is 0.0970. The first kappa shape index (κ1) is 11.8. The van der Waals surface area contributed by atoms with Crippen LogP contribution in [0.15, 0.2) is 0 Å². The second-order valence-corrected chi connectivity index (χ2v) is 4.98. The number of aromatic nitrogens is 3. The molecule has 6 nitrogen and oxygen atoms in total. The molecule has 86 valence electrons. The SMILES string of the molecule is CC(C)(C)CC(CN)c1nnc(N)n1N. The van der Waals surface area contributed by atoms with Crippen molar-refractivity contribution in [1.29, 1.82) is 0 Å². The quantitative estimate of drug-likeness (QED) is 0.613. The number of nitrogens with two attached hydrogens (primary N) is 3. The van der Waals surface area contributed by atoms with E-state index in [1.165, 1.54) is 4.68 Å². The number of anilines is 1. The second-order valence-electron chi connectivity index (χ2n) is 4.98. The summed E-state index contributed by atoms with van der Waals surface area (Å²) >= 11 is 0. The molecule has 0 saturated heterocycles. The van der Waals surface area contributed by atoms with E-state index in [4.69, 9.17) is 17.3 Å². The lowest BCUT2D eigenvalue weighted by Gasteiger charge is -2.24. The molecule has 0 aromatic carbocycles. The van der Waals surface area contributed by atoms with E-state index in [9.17, 15) is 0 Å². The Balaban J connectivity index is 2.88. The van der Waals surface area contributed by atoms with Crippen molar-refractivity contribution in [2.75, 3.05) is 18.1 Å². The van der Waals surface area contributed by atoms with Gasteiger partial charge in [-0.05, 0) is 11.8 Å². The summed E-state index contributed by atoms with van der Waals surface area (Å²) in [4.78, 5) is 0. The van der Waals surface area contributed by atoms with Crippen LogP contribution in [0.2, 0.25) is 0 Å². The summed E-state index contributed by atoms with van der Waals surface area (Å²) in [6.07, 6.45) is 0.902.